The number of nitro benzene ring substituents is 1. The standard InChI is InChI=1S/C18H22F2N4O5/c1-12-7-14(21-29-12)11-23-5-3-22(4-6-23)10-13-8-16(27-2)17(28-18(19)20)9-15(13)24(25)26/h7-9,18H,3-6,10-11H2,1-2H3. The normalized spacial score (nSPS) is 15.6. The lowest BCUT2D eigenvalue weighted by atomic mass is 10.1. The van der Waals surface area contributed by atoms with E-state index >= 15 is 0 Å². The molecule has 2 aromatic rings. The Morgan fingerprint density at radius 1 is 1.17 bits per heavy atom. The van der Waals surface area contributed by atoms with E-state index in [2.05, 4.69) is 19.7 Å². The van der Waals surface area contributed by atoms with Crippen molar-refractivity contribution in [2.24, 2.45) is 0 Å². The maximum Gasteiger partial charge on any atom is 0.387 e. The fraction of sp³-hybridized carbons (Fsp3) is 0.500. The predicted molar refractivity (Wildman–Crippen MR) is 98.1 cm³/mol. The number of alkyl halides is 2. The Hall–Kier alpha value is -2.79. The Morgan fingerprint density at radius 3 is 2.34 bits per heavy atom. The maximum absolute atomic E-state index is 12.6. The number of piperazine rings is 1. The summed E-state index contributed by atoms with van der Waals surface area (Å²) in [6.07, 6.45) is 0. The number of hydrogen-bond donors (Lipinski definition) is 0. The van der Waals surface area contributed by atoms with Gasteiger partial charge in [-0.1, -0.05) is 5.16 Å². The van der Waals surface area contributed by atoms with Gasteiger partial charge in [0.15, 0.2) is 11.5 Å². The van der Waals surface area contributed by atoms with Gasteiger partial charge in [0.25, 0.3) is 5.69 Å². The van der Waals surface area contributed by atoms with Crippen molar-refractivity contribution in [2.45, 2.75) is 26.6 Å². The largest absolute Gasteiger partial charge is 0.493 e. The smallest absolute Gasteiger partial charge is 0.387 e. The first-order valence-electron chi connectivity index (χ1n) is 9.02. The van der Waals surface area contributed by atoms with Crippen LogP contribution >= 0.6 is 0 Å². The van der Waals surface area contributed by atoms with Gasteiger partial charge in [0.2, 0.25) is 0 Å². The number of benzene rings is 1. The molecule has 158 valence electrons. The Morgan fingerprint density at radius 2 is 1.83 bits per heavy atom. The van der Waals surface area contributed by atoms with Crippen LogP contribution < -0.4 is 9.47 Å². The summed E-state index contributed by atoms with van der Waals surface area (Å²) in [5.41, 5.74) is 0.974. The highest BCUT2D eigenvalue weighted by Crippen LogP contribution is 2.36. The first-order valence-corrected chi connectivity index (χ1v) is 9.02. The molecule has 1 aliphatic heterocycles. The van der Waals surface area contributed by atoms with E-state index < -0.39 is 11.5 Å². The summed E-state index contributed by atoms with van der Waals surface area (Å²) in [4.78, 5) is 15.1. The van der Waals surface area contributed by atoms with Crippen molar-refractivity contribution in [3.8, 4) is 11.5 Å². The molecule has 0 spiro atoms. The first-order chi connectivity index (χ1) is 13.9. The second kappa shape index (κ2) is 9.14. The number of methoxy groups -OCH3 is 1. The number of ether oxygens (including phenoxy) is 2. The van der Waals surface area contributed by atoms with Gasteiger partial charge in [-0.25, -0.2) is 0 Å². The van der Waals surface area contributed by atoms with Gasteiger partial charge in [-0.15, -0.1) is 0 Å². The van der Waals surface area contributed by atoms with Crippen LogP contribution in [-0.2, 0) is 13.1 Å². The van der Waals surface area contributed by atoms with Crippen LogP contribution in [0.1, 0.15) is 17.0 Å². The lowest BCUT2D eigenvalue weighted by Gasteiger charge is -2.34. The molecule has 0 atom stereocenters. The van der Waals surface area contributed by atoms with Crippen LogP contribution in [0.15, 0.2) is 22.7 Å². The van der Waals surface area contributed by atoms with Crippen LogP contribution in [0, 0.1) is 17.0 Å². The molecule has 0 saturated carbocycles. The molecule has 0 aliphatic carbocycles. The fourth-order valence-electron chi connectivity index (χ4n) is 3.30. The van der Waals surface area contributed by atoms with Gasteiger partial charge < -0.3 is 14.0 Å². The Labute approximate surface area is 165 Å². The minimum absolute atomic E-state index is 0.0333. The number of nitro groups is 1. The zero-order chi connectivity index (χ0) is 21.0. The molecule has 1 saturated heterocycles. The minimum atomic E-state index is -3.10. The minimum Gasteiger partial charge on any atom is -0.493 e. The number of nitrogens with zero attached hydrogens (tertiary/aromatic N) is 4. The summed E-state index contributed by atoms with van der Waals surface area (Å²) in [5, 5.41) is 15.4. The molecule has 1 fully saturated rings. The van der Waals surface area contributed by atoms with E-state index in [1.54, 1.807) is 0 Å². The molecule has 0 N–H and O–H groups in total. The zero-order valence-corrected chi connectivity index (χ0v) is 16.1. The van der Waals surface area contributed by atoms with E-state index in [1.165, 1.54) is 13.2 Å². The first kappa shape index (κ1) is 20.9. The van der Waals surface area contributed by atoms with Crippen LogP contribution in [-0.4, -0.2) is 59.8 Å². The molecule has 9 nitrogen and oxygen atoms in total. The number of aryl methyl sites for hydroxylation is 1. The lowest BCUT2D eigenvalue weighted by Crippen LogP contribution is -2.45. The number of halogens is 2. The monoisotopic (exact) mass is 412 g/mol. The summed E-state index contributed by atoms with van der Waals surface area (Å²) in [7, 11) is 1.30. The van der Waals surface area contributed by atoms with Gasteiger partial charge in [-0.3, -0.25) is 19.9 Å². The van der Waals surface area contributed by atoms with Crippen molar-refractivity contribution in [3.63, 3.8) is 0 Å². The molecule has 0 unspecified atom stereocenters. The van der Waals surface area contributed by atoms with E-state index in [1.807, 2.05) is 13.0 Å². The summed E-state index contributed by atoms with van der Waals surface area (Å²) < 4.78 is 39.6. The van der Waals surface area contributed by atoms with Crippen molar-refractivity contribution in [3.05, 3.63) is 45.3 Å². The lowest BCUT2D eigenvalue weighted by molar-refractivity contribution is -0.385. The third-order valence-corrected chi connectivity index (χ3v) is 4.70. The summed E-state index contributed by atoms with van der Waals surface area (Å²) in [5.74, 6) is 0.441. The van der Waals surface area contributed by atoms with Gasteiger partial charge in [0.05, 0.1) is 23.8 Å². The molecular formula is C18H22F2N4O5. The molecule has 1 aromatic carbocycles. The summed E-state index contributed by atoms with van der Waals surface area (Å²) in [6.45, 7) is 2.66. The van der Waals surface area contributed by atoms with Crippen molar-refractivity contribution in [2.75, 3.05) is 33.3 Å². The topological polar surface area (TPSA) is 94.1 Å². The van der Waals surface area contributed by atoms with Crippen LogP contribution in [0.3, 0.4) is 0 Å². The highest BCUT2D eigenvalue weighted by molar-refractivity contribution is 5.54. The molecule has 0 radical (unpaired) electrons. The molecule has 2 heterocycles. The van der Waals surface area contributed by atoms with Gasteiger partial charge in [-0.05, 0) is 13.0 Å². The van der Waals surface area contributed by atoms with Gasteiger partial charge in [0.1, 0.15) is 5.76 Å². The molecule has 0 amide bonds. The van der Waals surface area contributed by atoms with Crippen molar-refractivity contribution in [1.29, 1.82) is 0 Å². The molecule has 1 aliphatic rings. The second-order valence-corrected chi connectivity index (χ2v) is 6.75. The SMILES string of the molecule is COc1cc(CN2CCN(Cc3cc(C)on3)CC2)c([N+](=O)[O-])cc1OC(F)F. The van der Waals surface area contributed by atoms with Crippen LogP contribution in [0.2, 0.25) is 0 Å². The predicted octanol–water partition coefficient (Wildman–Crippen LogP) is 2.82. The maximum atomic E-state index is 12.6. The highest BCUT2D eigenvalue weighted by Gasteiger charge is 2.25. The van der Waals surface area contributed by atoms with Crippen molar-refractivity contribution in [1.82, 2.24) is 15.0 Å². The summed E-state index contributed by atoms with van der Waals surface area (Å²) >= 11 is 0. The van der Waals surface area contributed by atoms with Gasteiger partial charge >= 0.3 is 6.61 Å². The molecule has 3 rings (SSSR count). The van der Waals surface area contributed by atoms with E-state index in [-0.39, 0.29) is 17.2 Å². The summed E-state index contributed by atoms with van der Waals surface area (Å²) in [6, 6.07) is 4.27. The molecule has 29 heavy (non-hydrogen) atoms. The molecule has 1 aromatic heterocycles. The Bertz CT molecular complexity index is 853. The average Bonchev–Trinajstić information content (AvgIpc) is 3.08. The van der Waals surface area contributed by atoms with E-state index in [4.69, 9.17) is 9.26 Å². The van der Waals surface area contributed by atoms with Crippen LogP contribution in [0.25, 0.3) is 0 Å². The third kappa shape index (κ3) is 5.39. The number of hydrogen-bond acceptors (Lipinski definition) is 8. The number of aromatic nitrogens is 1. The van der Waals surface area contributed by atoms with Gasteiger partial charge in [0, 0.05) is 50.9 Å². The fourth-order valence-corrected chi connectivity index (χ4v) is 3.30. The van der Waals surface area contributed by atoms with E-state index in [9.17, 15) is 18.9 Å². The van der Waals surface area contributed by atoms with E-state index in [0.29, 0.717) is 31.7 Å². The Balaban J connectivity index is 1.67. The van der Waals surface area contributed by atoms with Crippen molar-refractivity contribution < 1.29 is 27.7 Å². The Kier molecular flexibility index (Phi) is 6.60. The molecule has 11 heteroatoms. The number of rotatable bonds is 8. The van der Waals surface area contributed by atoms with Crippen molar-refractivity contribution >= 4 is 5.69 Å². The van der Waals surface area contributed by atoms with Gasteiger partial charge in [-0.2, -0.15) is 8.78 Å². The van der Waals surface area contributed by atoms with E-state index in [0.717, 1.165) is 30.6 Å². The zero-order valence-electron chi connectivity index (χ0n) is 16.1. The second-order valence-electron chi connectivity index (χ2n) is 6.75. The third-order valence-electron chi connectivity index (χ3n) is 4.70. The highest BCUT2D eigenvalue weighted by atomic mass is 19.3. The molecule has 0 bridgehead atoms. The van der Waals surface area contributed by atoms with Crippen LogP contribution in [0.5, 0.6) is 11.5 Å². The average molecular weight is 412 g/mol. The van der Waals surface area contributed by atoms with Crippen LogP contribution in [0.4, 0.5) is 14.5 Å². The quantitative estimate of drug-likeness (QED) is 0.483. The molecular weight excluding hydrogens is 390 g/mol.